The molecular weight excluding hydrogens is 594 g/mol. The van der Waals surface area contributed by atoms with Crippen LogP contribution in [0.15, 0.2) is 58.6 Å². The monoisotopic (exact) mass is 618 g/mol. The number of hydrogen-bond donors (Lipinski definition) is 5. The number of carboxylic acid groups (broad SMARTS) is 2. The Morgan fingerprint density at radius 3 is 2.00 bits per heavy atom. The molecule has 2 rings (SSSR count). The molecule has 0 aliphatic heterocycles. The molecule has 0 saturated heterocycles. The smallest absolute Gasteiger partial charge is 0.490 e. The molecule has 0 fully saturated rings. The van der Waals surface area contributed by atoms with Crippen molar-refractivity contribution in [2.24, 2.45) is 16.6 Å². The van der Waals surface area contributed by atoms with Gasteiger partial charge in [-0.3, -0.25) is 4.79 Å². The molecule has 0 heterocycles. The molecule has 0 spiro atoms. The summed E-state index contributed by atoms with van der Waals surface area (Å²) in [4.78, 5) is 24.3. The Labute approximate surface area is 228 Å². The van der Waals surface area contributed by atoms with E-state index in [1.54, 1.807) is 12.1 Å². The van der Waals surface area contributed by atoms with Gasteiger partial charge in [0.05, 0.1) is 17.1 Å². The predicted octanol–water partition coefficient (Wildman–Crippen LogP) is 2.29. The summed E-state index contributed by atoms with van der Waals surface area (Å²) in [6.07, 6.45) is -9.85. The summed E-state index contributed by atoms with van der Waals surface area (Å²) in [6, 6.07) is 7.93. The van der Waals surface area contributed by atoms with E-state index in [-0.39, 0.29) is 25.6 Å². The number of rotatable bonds is 12. The molecule has 0 aromatic heterocycles. The van der Waals surface area contributed by atoms with Gasteiger partial charge in [-0.15, -0.1) is 0 Å². The van der Waals surface area contributed by atoms with E-state index in [4.69, 9.17) is 30.9 Å². The van der Waals surface area contributed by atoms with Gasteiger partial charge in [0.25, 0.3) is 0 Å². The first-order valence-electron chi connectivity index (χ1n) is 11.0. The zero-order chi connectivity index (χ0) is 31.4. The normalized spacial score (nSPS) is 12.3. The minimum atomic E-state index is -5.08. The largest absolute Gasteiger partial charge is 0.493 e. The number of nitrogens with two attached hydrogens (primary N) is 2. The Morgan fingerprint density at radius 2 is 1.51 bits per heavy atom. The number of sulfonamides is 1. The Kier molecular flexibility index (Phi) is 12.7. The zero-order valence-corrected chi connectivity index (χ0v) is 21.5. The van der Waals surface area contributed by atoms with Gasteiger partial charge in [0.2, 0.25) is 16.0 Å². The molecule has 228 valence electrons. The van der Waals surface area contributed by atoms with E-state index >= 15 is 0 Å². The van der Waals surface area contributed by atoms with Crippen molar-refractivity contribution in [2.75, 3.05) is 13.2 Å². The molecule has 12 nitrogen and oxygen atoms in total. The second-order valence-corrected chi connectivity index (χ2v) is 9.39. The molecule has 0 aliphatic carbocycles. The second-order valence-electron chi connectivity index (χ2n) is 7.71. The van der Waals surface area contributed by atoms with E-state index in [0.717, 1.165) is 18.2 Å². The molecule has 41 heavy (non-hydrogen) atoms. The van der Waals surface area contributed by atoms with Gasteiger partial charge in [0.15, 0.2) is 0 Å². The van der Waals surface area contributed by atoms with E-state index in [9.17, 15) is 44.7 Å². The summed E-state index contributed by atoms with van der Waals surface area (Å²) in [5.74, 6) is -4.05. The fraction of sp³-hybridized carbons (Fsp3) is 0.318. The van der Waals surface area contributed by atoms with E-state index in [1.165, 1.54) is 12.1 Å². The highest BCUT2D eigenvalue weighted by Crippen LogP contribution is 2.34. The van der Waals surface area contributed by atoms with Gasteiger partial charge in [-0.25, -0.2) is 13.2 Å². The SMILES string of the molecule is NC(N)=NOCCCOc1ccc(C[C@H](NS(=O)(=O)c2ccccc2C(F)(F)F)C(=O)O)cc1.O=C(O)C(F)(F)F. The first kappa shape index (κ1) is 34.8. The van der Waals surface area contributed by atoms with Crippen LogP contribution >= 0.6 is 0 Å². The lowest BCUT2D eigenvalue weighted by Crippen LogP contribution is -2.42. The van der Waals surface area contributed by atoms with Gasteiger partial charge in [-0.05, 0) is 41.4 Å². The number of carboxylic acids is 2. The maximum atomic E-state index is 13.2. The van der Waals surface area contributed by atoms with Gasteiger partial charge < -0.3 is 31.3 Å². The number of guanidine groups is 1. The molecular formula is C22H24F6N4O8S. The van der Waals surface area contributed by atoms with Gasteiger partial charge in [0.1, 0.15) is 18.4 Å². The summed E-state index contributed by atoms with van der Waals surface area (Å²) in [6.45, 7) is 0.489. The van der Waals surface area contributed by atoms with Gasteiger partial charge >= 0.3 is 24.3 Å². The van der Waals surface area contributed by atoms with Crippen molar-refractivity contribution >= 4 is 27.9 Å². The number of ether oxygens (including phenoxy) is 1. The topological polar surface area (TPSA) is 204 Å². The summed E-state index contributed by atoms with van der Waals surface area (Å²) in [5, 5.41) is 19.9. The maximum Gasteiger partial charge on any atom is 0.490 e. The number of benzene rings is 2. The van der Waals surface area contributed by atoms with Crippen molar-refractivity contribution in [3.05, 3.63) is 59.7 Å². The molecule has 19 heteroatoms. The second kappa shape index (κ2) is 14.9. The maximum absolute atomic E-state index is 13.2. The molecule has 7 N–H and O–H groups in total. The summed E-state index contributed by atoms with van der Waals surface area (Å²) in [7, 11) is -4.78. The minimum Gasteiger partial charge on any atom is -0.493 e. The Morgan fingerprint density at radius 1 is 0.951 bits per heavy atom. The lowest BCUT2D eigenvalue weighted by Gasteiger charge is -2.18. The molecule has 0 unspecified atom stereocenters. The van der Waals surface area contributed by atoms with Crippen LogP contribution < -0.4 is 20.9 Å². The van der Waals surface area contributed by atoms with E-state index < -0.39 is 50.8 Å². The number of nitrogens with zero attached hydrogens (tertiary/aromatic N) is 1. The molecule has 1 atom stereocenters. The average molecular weight is 619 g/mol. The highest BCUT2D eigenvalue weighted by atomic mass is 32.2. The van der Waals surface area contributed by atoms with E-state index in [0.29, 0.717) is 23.8 Å². The van der Waals surface area contributed by atoms with Crippen LogP contribution in [-0.4, -0.2) is 62.0 Å². The number of halogens is 6. The fourth-order valence-electron chi connectivity index (χ4n) is 2.76. The highest BCUT2D eigenvalue weighted by molar-refractivity contribution is 7.89. The van der Waals surface area contributed by atoms with Crippen LogP contribution in [0.25, 0.3) is 0 Å². The standard InChI is InChI=1S/C20H23F3N4O6S.C2HF3O2/c21-20(22,23)15-4-1-2-5-17(15)34(30,31)27-16(18(28)29)12-13-6-8-14(9-7-13)32-10-3-11-33-26-19(24)25;3-2(4,5)1(6)7/h1-2,4-9,16,27H,3,10-12H2,(H,28,29)(H4,24,25,26);(H,6,7)/t16-;/m0./s1. The van der Waals surface area contributed by atoms with Crippen LogP contribution in [0.2, 0.25) is 0 Å². The van der Waals surface area contributed by atoms with Gasteiger partial charge in [0, 0.05) is 6.42 Å². The Hall–Kier alpha value is -4.26. The van der Waals surface area contributed by atoms with Gasteiger partial charge in [-0.1, -0.05) is 24.3 Å². The highest BCUT2D eigenvalue weighted by Gasteiger charge is 2.39. The molecule has 0 saturated carbocycles. The van der Waals surface area contributed by atoms with Crippen LogP contribution in [0.1, 0.15) is 17.5 Å². The first-order chi connectivity index (χ1) is 18.8. The Bertz CT molecular complexity index is 1300. The van der Waals surface area contributed by atoms with Crippen molar-refractivity contribution in [1.29, 1.82) is 0 Å². The van der Waals surface area contributed by atoms with Crippen LogP contribution in [0.4, 0.5) is 26.3 Å². The molecule has 2 aromatic carbocycles. The van der Waals surface area contributed by atoms with Crippen molar-refractivity contribution in [3.8, 4) is 5.75 Å². The third kappa shape index (κ3) is 12.6. The number of nitrogens with one attached hydrogen (secondary N) is 1. The zero-order valence-electron chi connectivity index (χ0n) is 20.6. The average Bonchev–Trinajstić information content (AvgIpc) is 2.85. The molecule has 2 aromatic rings. The molecule has 0 amide bonds. The van der Waals surface area contributed by atoms with E-state index in [1.807, 2.05) is 4.72 Å². The van der Waals surface area contributed by atoms with Gasteiger partial charge in [-0.2, -0.15) is 31.1 Å². The lowest BCUT2D eigenvalue weighted by atomic mass is 10.1. The van der Waals surface area contributed by atoms with Crippen molar-refractivity contribution in [1.82, 2.24) is 4.72 Å². The van der Waals surface area contributed by atoms with Crippen LogP contribution in [0, 0.1) is 0 Å². The fourth-order valence-corrected chi connectivity index (χ4v) is 4.17. The van der Waals surface area contributed by atoms with Crippen LogP contribution in [0.5, 0.6) is 5.75 Å². The van der Waals surface area contributed by atoms with Crippen molar-refractivity contribution in [2.45, 2.75) is 36.1 Å². The third-order valence-corrected chi connectivity index (χ3v) is 6.03. The first-order valence-corrected chi connectivity index (χ1v) is 12.5. The summed E-state index contributed by atoms with van der Waals surface area (Å²) in [5.41, 5.74) is 9.24. The molecule has 0 radical (unpaired) electrons. The number of alkyl halides is 6. The van der Waals surface area contributed by atoms with Crippen LogP contribution in [-0.2, 0) is 37.0 Å². The predicted molar refractivity (Wildman–Crippen MR) is 129 cm³/mol. The number of carbonyl (C=O) groups is 2. The molecule has 0 aliphatic rings. The lowest BCUT2D eigenvalue weighted by molar-refractivity contribution is -0.192. The summed E-state index contributed by atoms with van der Waals surface area (Å²) < 4.78 is 104. The molecule has 0 bridgehead atoms. The quantitative estimate of drug-likeness (QED) is 0.0772. The Balaban J connectivity index is 0.00000106. The van der Waals surface area contributed by atoms with Crippen molar-refractivity contribution < 1.29 is 64.1 Å². The third-order valence-electron chi connectivity index (χ3n) is 4.50. The number of oxime groups is 1. The number of aliphatic carboxylic acids is 2. The van der Waals surface area contributed by atoms with E-state index in [2.05, 4.69) is 5.16 Å². The summed E-state index contributed by atoms with van der Waals surface area (Å²) >= 11 is 0. The van der Waals surface area contributed by atoms with Crippen LogP contribution in [0.3, 0.4) is 0 Å². The number of hydrogen-bond acceptors (Lipinski definition) is 7. The van der Waals surface area contributed by atoms with Crippen molar-refractivity contribution in [3.63, 3.8) is 0 Å². The minimum absolute atomic E-state index is 0.206.